The summed E-state index contributed by atoms with van der Waals surface area (Å²) < 4.78 is 19.4. The highest BCUT2D eigenvalue weighted by Crippen LogP contribution is 2.35. The van der Waals surface area contributed by atoms with Gasteiger partial charge in [-0.25, -0.2) is 4.39 Å². The lowest BCUT2D eigenvalue weighted by Gasteiger charge is -2.24. The molecule has 0 saturated heterocycles. The number of ether oxygens (including phenoxy) is 1. The van der Waals surface area contributed by atoms with Crippen molar-refractivity contribution < 1.29 is 14.2 Å². The number of aliphatic hydroxyl groups is 1. The van der Waals surface area contributed by atoms with E-state index >= 15 is 0 Å². The van der Waals surface area contributed by atoms with Gasteiger partial charge in [-0.05, 0) is 23.8 Å². The lowest BCUT2D eigenvalue weighted by Crippen LogP contribution is -2.26. The molecule has 1 heterocycles. The van der Waals surface area contributed by atoms with E-state index in [1.165, 1.54) is 12.1 Å². The van der Waals surface area contributed by atoms with E-state index in [1.54, 1.807) is 30.3 Å². The number of rotatable bonds is 2. The van der Waals surface area contributed by atoms with E-state index in [4.69, 9.17) is 11.2 Å². The van der Waals surface area contributed by atoms with Gasteiger partial charge in [0.05, 0.1) is 6.61 Å². The fraction of sp³-hybridized carbons (Fsp3) is 0.176. The largest absolute Gasteiger partial charge is 0.493 e. The van der Waals surface area contributed by atoms with Gasteiger partial charge < -0.3 is 9.84 Å². The molecule has 0 fully saturated rings. The zero-order valence-corrected chi connectivity index (χ0v) is 10.8. The Labute approximate surface area is 116 Å². The number of benzene rings is 2. The second-order valence-electron chi connectivity index (χ2n) is 4.76. The number of hydrogen-bond acceptors (Lipinski definition) is 2. The van der Waals surface area contributed by atoms with Crippen LogP contribution in [-0.4, -0.2) is 11.7 Å². The van der Waals surface area contributed by atoms with Crippen molar-refractivity contribution in [3.05, 3.63) is 65.0 Å². The maximum Gasteiger partial charge on any atom is 0.179 e. The zero-order valence-electron chi connectivity index (χ0n) is 10.8. The lowest BCUT2D eigenvalue weighted by molar-refractivity contribution is 0.140. The van der Waals surface area contributed by atoms with E-state index in [9.17, 15) is 9.50 Å². The molecule has 0 radical (unpaired) electrons. The molecule has 0 saturated carbocycles. The van der Waals surface area contributed by atoms with Crippen LogP contribution in [0, 0.1) is 18.2 Å². The molecule has 0 aromatic heterocycles. The molecule has 0 aliphatic carbocycles. The van der Waals surface area contributed by atoms with E-state index in [0.717, 1.165) is 17.7 Å². The predicted molar refractivity (Wildman–Crippen MR) is 73.9 cm³/mol. The Morgan fingerprint density at radius 1 is 1.25 bits per heavy atom. The molecular formula is C17H13FO2. The topological polar surface area (TPSA) is 29.5 Å². The molecule has 1 unspecified atom stereocenters. The summed E-state index contributed by atoms with van der Waals surface area (Å²) in [6.07, 6.45) is 6.25. The first-order chi connectivity index (χ1) is 9.65. The predicted octanol–water partition coefficient (Wildman–Crippen LogP) is 2.63. The minimum Gasteiger partial charge on any atom is -0.493 e. The van der Waals surface area contributed by atoms with E-state index < -0.39 is 11.4 Å². The van der Waals surface area contributed by atoms with Crippen LogP contribution in [0.5, 0.6) is 5.75 Å². The van der Waals surface area contributed by atoms with Gasteiger partial charge >= 0.3 is 0 Å². The number of hydrogen-bond donors (Lipinski definition) is 1. The summed E-state index contributed by atoms with van der Waals surface area (Å²) >= 11 is 0. The average molecular weight is 268 g/mol. The van der Waals surface area contributed by atoms with Crippen molar-refractivity contribution in [2.45, 2.75) is 12.0 Å². The summed E-state index contributed by atoms with van der Waals surface area (Å²) in [6, 6.07) is 11.2. The fourth-order valence-corrected chi connectivity index (χ4v) is 2.48. The molecule has 1 N–H and O–H groups in total. The van der Waals surface area contributed by atoms with Gasteiger partial charge in [0.1, 0.15) is 11.6 Å². The van der Waals surface area contributed by atoms with Crippen molar-refractivity contribution in [2.24, 2.45) is 0 Å². The van der Waals surface area contributed by atoms with Crippen LogP contribution in [-0.2, 0) is 12.0 Å². The smallest absolute Gasteiger partial charge is 0.179 e. The number of halogens is 1. The number of terminal acetylenes is 1. The van der Waals surface area contributed by atoms with Gasteiger partial charge in [0.2, 0.25) is 0 Å². The van der Waals surface area contributed by atoms with E-state index in [1.807, 2.05) is 0 Å². The number of fused-ring (bicyclic) bond motifs is 1. The Morgan fingerprint density at radius 3 is 2.80 bits per heavy atom. The quantitative estimate of drug-likeness (QED) is 0.848. The van der Waals surface area contributed by atoms with E-state index in [0.29, 0.717) is 12.2 Å². The fourth-order valence-electron chi connectivity index (χ4n) is 2.48. The summed E-state index contributed by atoms with van der Waals surface area (Å²) in [7, 11) is 0. The van der Waals surface area contributed by atoms with Crippen LogP contribution in [0.2, 0.25) is 0 Å². The van der Waals surface area contributed by atoms with Crippen LogP contribution in [0.15, 0.2) is 42.5 Å². The maximum atomic E-state index is 14.0. The molecule has 2 nitrogen and oxygen atoms in total. The molecule has 0 bridgehead atoms. The van der Waals surface area contributed by atoms with Crippen molar-refractivity contribution in [1.82, 2.24) is 0 Å². The highest BCUT2D eigenvalue weighted by Gasteiger charge is 2.33. The molecule has 2 aromatic carbocycles. The van der Waals surface area contributed by atoms with Gasteiger partial charge in [-0.1, -0.05) is 30.2 Å². The highest BCUT2D eigenvalue weighted by atomic mass is 19.1. The summed E-state index contributed by atoms with van der Waals surface area (Å²) in [4.78, 5) is 0. The Kier molecular flexibility index (Phi) is 2.96. The minimum atomic E-state index is -1.77. The molecule has 3 rings (SSSR count). The van der Waals surface area contributed by atoms with Crippen LogP contribution >= 0.6 is 0 Å². The van der Waals surface area contributed by atoms with Crippen molar-refractivity contribution >= 4 is 0 Å². The molecule has 2 aromatic rings. The average Bonchev–Trinajstić information content (AvgIpc) is 2.94. The van der Waals surface area contributed by atoms with Crippen LogP contribution < -0.4 is 4.74 Å². The van der Waals surface area contributed by atoms with Gasteiger partial charge in [0, 0.05) is 17.5 Å². The van der Waals surface area contributed by atoms with Gasteiger partial charge in [-0.3, -0.25) is 0 Å². The Balaban J connectivity index is 2.14. The first-order valence-electron chi connectivity index (χ1n) is 6.36. The van der Waals surface area contributed by atoms with Crippen molar-refractivity contribution in [3.8, 4) is 18.1 Å². The molecule has 1 aliphatic rings. The van der Waals surface area contributed by atoms with E-state index in [-0.39, 0.29) is 5.56 Å². The second-order valence-corrected chi connectivity index (χ2v) is 4.76. The highest BCUT2D eigenvalue weighted by molar-refractivity contribution is 5.49. The summed E-state index contributed by atoms with van der Waals surface area (Å²) in [5.74, 6) is 2.59. The molecular weight excluding hydrogens is 255 g/mol. The first-order valence-corrected chi connectivity index (χ1v) is 6.36. The van der Waals surface area contributed by atoms with Crippen molar-refractivity contribution in [3.63, 3.8) is 0 Å². The second kappa shape index (κ2) is 4.66. The SMILES string of the molecule is C#CC(O)(c1ccc2c(c1)CCO2)c1ccccc1F. The third-order valence-electron chi connectivity index (χ3n) is 3.58. The summed E-state index contributed by atoms with van der Waals surface area (Å²) in [6.45, 7) is 0.618. The normalized spacial score (nSPS) is 15.8. The molecule has 0 amide bonds. The molecule has 20 heavy (non-hydrogen) atoms. The molecule has 100 valence electrons. The van der Waals surface area contributed by atoms with Crippen LogP contribution in [0.1, 0.15) is 16.7 Å². The molecule has 1 atom stereocenters. The van der Waals surface area contributed by atoms with Gasteiger partial charge in [0.25, 0.3) is 0 Å². The monoisotopic (exact) mass is 268 g/mol. The van der Waals surface area contributed by atoms with Crippen LogP contribution in [0.3, 0.4) is 0 Å². The van der Waals surface area contributed by atoms with Gasteiger partial charge in [0.15, 0.2) is 5.60 Å². The zero-order chi connectivity index (χ0) is 14.2. The minimum absolute atomic E-state index is 0.0846. The van der Waals surface area contributed by atoms with Crippen LogP contribution in [0.4, 0.5) is 4.39 Å². The van der Waals surface area contributed by atoms with Gasteiger partial charge in [-0.15, -0.1) is 6.42 Å². The summed E-state index contributed by atoms with van der Waals surface area (Å²) in [5, 5.41) is 10.8. The molecule has 3 heteroatoms. The third-order valence-corrected chi connectivity index (χ3v) is 3.58. The first kappa shape index (κ1) is 12.7. The van der Waals surface area contributed by atoms with Crippen molar-refractivity contribution in [2.75, 3.05) is 6.61 Å². The van der Waals surface area contributed by atoms with E-state index in [2.05, 4.69) is 5.92 Å². The lowest BCUT2D eigenvalue weighted by atomic mass is 9.85. The molecule has 0 spiro atoms. The third kappa shape index (κ3) is 1.86. The van der Waals surface area contributed by atoms with Crippen molar-refractivity contribution in [1.29, 1.82) is 0 Å². The summed E-state index contributed by atoms with van der Waals surface area (Å²) in [5.41, 5.74) is -0.230. The van der Waals surface area contributed by atoms with Crippen LogP contribution in [0.25, 0.3) is 0 Å². The Bertz CT molecular complexity index is 702. The van der Waals surface area contributed by atoms with Gasteiger partial charge in [-0.2, -0.15) is 0 Å². The maximum absolute atomic E-state index is 14.0. The standard InChI is InChI=1S/C17H13FO2/c1-2-17(19,14-5-3-4-6-15(14)18)13-7-8-16-12(11-13)9-10-20-16/h1,3-8,11,19H,9-10H2. The molecule has 1 aliphatic heterocycles. The Morgan fingerprint density at radius 2 is 2.05 bits per heavy atom. The Hall–Kier alpha value is -2.31.